The highest BCUT2D eigenvalue weighted by Crippen LogP contribution is 2.43. The number of hydrogen-bond acceptors (Lipinski definition) is 4. The van der Waals surface area contributed by atoms with Gasteiger partial charge in [-0.1, -0.05) is 48.5 Å². The van der Waals surface area contributed by atoms with E-state index >= 15 is 0 Å². The molecule has 0 aliphatic carbocycles. The van der Waals surface area contributed by atoms with Gasteiger partial charge in [0.05, 0.1) is 47.3 Å². The highest BCUT2D eigenvalue weighted by atomic mass is 16.3. The Kier molecular flexibility index (Phi) is 6.73. The maximum absolute atomic E-state index is 9.93. The molecule has 0 aliphatic heterocycles. The lowest BCUT2D eigenvalue weighted by Crippen LogP contribution is -1.95. The van der Waals surface area contributed by atoms with Crippen LogP contribution in [0.4, 0.5) is 11.4 Å². The zero-order valence-corrected chi connectivity index (χ0v) is 31.4. The number of hydrogen-bond donors (Lipinski definition) is 0. The Hall–Kier alpha value is -9.08. The van der Waals surface area contributed by atoms with Crippen LogP contribution in [0.15, 0.2) is 154 Å². The largest absolute Gasteiger partial charge is 0.456 e. The van der Waals surface area contributed by atoms with Crippen LogP contribution in [0.25, 0.3) is 120 Å². The van der Waals surface area contributed by atoms with Crippen molar-refractivity contribution in [3.05, 3.63) is 180 Å². The molecule has 12 rings (SSSR count). The molecule has 8 heteroatoms. The van der Waals surface area contributed by atoms with Gasteiger partial charge in [0.25, 0.3) is 0 Å². The topological polar surface area (TPSA) is 92.4 Å². The number of fused-ring (bicyclic) bond motifs is 12. The van der Waals surface area contributed by atoms with Crippen molar-refractivity contribution in [1.29, 1.82) is 10.5 Å². The smallest absolute Gasteiger partial charge is 0.190 e. The highest BCUT2D eigenvalue weighted by Gasteiger charge is 2.21. The van der Waals surface area contributed by atoms with Crippen LogP contribution in [0.2, 0.25) is 0 Å². The van der Waals surface area contributed by atoms with Crippen molar-refractivity contribution < 1.29 is 8.83 Å². The van der Waals surface area contributed by atoms with Crippen LogP contribution >= 0.6 is 0 Å². The minimum absolute atomic E-state index is 0.387. The number of nitrogens with zero attached hydrogens (tertiary/aromatic N) is 6. The summed E-state index contributed by atoms with van der Waals surface area (Å²) in [6, 6.07) is 52.4. The lowest BCUT2D eigenvalue weighted by atomic mass is 10.00. The quantitative estimate of drug-likeness (QED) is 0.167. The van der Waals surface area contributed by atoms with E-state index in [0.29, 0.717) is 22.5 Å². The first-order chi connectivity index (χ1) is 29.5. The van der Waals surface area contributed by atoms with Crippen LogP contribution in [0.5, 0.6) is 0 Å². The van der Waals surface area contributed by atoms with Crippen molar-refractivity contribution in [2.24, 2.45) is 0 Å². The highest BCUT2D eigenvalue weighted by molar-refractivity contribution is 6.20. The lowest BCUT2D eigenvalue weighted by molar-refractivity contribution is 0.669. The van der Waals surface area contributed by atoms with Crippen LogP contribution in [-0.4, -0.2) is 9.13 Å². The third-order valence-electron chi connectivity index (χ3n) is 11.7. The number of nitriles is 2. The second-order valence-electron chi connectivity index (χ2n) is 15.0. The van der Waals surface area contributed by atoms with Gasteiger partial charge in [-0.05, 0) is 96.1 Å². The summed E-state index contributed by atoms with van der Waals surface area (Å²) < 4.78 is 16.9. The first-order valence-corrected chi connectivity index (χ1v) is 19.2. The molecule has 8 aromatic carbocycles. The molecule has 0 amide bonds. The van der Waals surface area contributed by atoms with Gasteiger partial charge in [-0.3, -0.25) is 0 Å². The zero-order chi connectivity index (χ0) is 40.2. The Morgan fingerprint density at radius 1 is 0.400 bits per heavy atom. The van der Waals surface area contributed by atoms with Gasteiger partial charge in [-0.25, -0.2) is 9.69 Å². The molecular weight excluding hydrogens is 741 g/mol. The van der Waals surface area contributed by atoms with E-state index in [1.54, 1.807) is 12.1 Å². The molecule has 0 saturated heterocycles. The van der Waals surface area contributed by atoms with E-state index in [1.807, 2.05) is 60.7 Å². The fourth-order valence-electron chi connectivity index (χ4n) is 9.10. The van der Waals surface area contributed by atoms with Gasteiger partial charge in [0.2, 0.25) is 0 Å². The molecule has 0 atom stereocenters. The Labute approximate surface area is 340 Å². The molecule has 12 aromatic rings. The van der Waals surface area contributed by atoms with Crippen molar-refractivity contribution in [3.8, 4) is 34.6 Å². The van der Waals surface area contributed by atoms with Crippen molar-refractivity contribution >= 4 is 98.9 Å². The first kappa shape index (κ1) is 33.1. The van der Waals surface area contributed by atoms with E-state index in [0.717, 1.165) is 110 Å². The standard InChI is InChI=1S/C52H24N6O2/c1-55-33-15-29(27-53)17-35(21-33)57-45-13-11-31(19-39(45)41-23-43-37-7-3-5-9-49(37)59-51(43)25-47(41)57)32-12-14-46-40(20-32)42-24-44-38-8-4-6-10-50(38)60-52(44)26-48(42)58(46)36-18-30(28-54)16-34(22-36)56-2/h3-26H. The van der Waals surface area contributed by atoms with Crippen molar-refractivity contribution in [2.45, 2.75) is 0 Å². The number of benzene rings is 8. The van der Waals surface area contributed by atoms with Crippen LogP contribution in [0.3, 0.4) is 0 Å². The summed E-state index contributed by atoms with van der Waals surface area (Å²) >= 11 is 0. The van der Waals surface area contributed by atoms with Crippen LogP contribution < -0.4 is 0 Å². The van der Waals surface area contributed by atoms with E-state index in [4.69, 9.17) is 22.0 Å². The summed E-state index contributed by atoms with van der Waals surface area (Å²) in [6.45, 7) is 15.6. The number of rotatable bonds is 3. The first-order valence-electron chi connectivity index (χ1n) is 19.2. The molecule has 0 bridgehead atoms. The summed E-state index contributed by atoms with van der Waals surface area (Å²) in [7, 11) is 0. The van der Waals surface area contributed by atoms with E-state index in [9.17, 15) is 10.5 Å². The van der Waals surface area contributed by atoms with Gasteiger partial charge in [0.1, 0.15) is 22.3 Å². The van der Waals surface area contributed by atoms with E-state index in [-0.39, 0.29) is 0 Å². The minimum atomic E-state index is 0.387. The maximum Gasteiger partial charge on any atom is 0.190 e. The fraction of sp³-hybridized carbons (Fsp3) is 0. The van der Waals surface area contributed by atoms with Crippen molar-refractivity contribution in [1.82, 2.24) is 9.13 Å². The molecule has 60 heavy (non-hydrogen) atoms. The van der Waals surface area contributed by atoms with E-state index in [2.05, 4.69) is 104 Å². The third-order valence-corrected chi connectivity index (χ3v) is 11.7. The SMILES string of the molecule is [C-]#[N+]c1cc(C#N)cc(-n2c3ccc(-c4ccc5c(c4)c4cc6c(cc4n5-c4cc(C#N)cc([N+]#[C-])c4)oc4ccccc46)cc3c3cc4c(cc32)oc2ccccc24)c1. The second kappa shape index (κ2) is 12.2. The molecule has 0 unspecified atom stereocenters. The summed E-state index contributed by atoms with van der Waals surface area (Å²) in [6.07, 6.45) is 0. The van der Waals surface area contributed by atoms with Crippen molar-refractivity contribution in [3.63, 3.8) is 0 Å². The van der Waals surface area contributed by atoms with Crippen LogP contribution in [0, 0.1) is 35.8 Å². The fourth-order valence-corrected chi connectivity index (χ4v) is 9.10. The van der Waals surface area contributed by atoms with Gasteiger partial charge in [-0.2, -0.15) is 10.5 Å². The Bertz CT molecular complexity index is 3740. The molecule has 274 valence electrons. The molecule has 4 aromatic heterocycles. The van der Waals surface area contributed by atoms with Crippen LogP contribution in [-0.2, 0) is 0 Å². The second-order valence-corrected chi connectivity index (χ2v) is 15.0. The number of para-hydroxylation sites is 2. The minimum Gasteiger partial charge on any atom is -0.456 e. The van der Waals surface area contributed by atoms with Gasteiger partial charge in [-0.15, -0.1) is 0 Å². The Balaban J connectivity index is 1.14. The molecule has 0 saturated carbocycles. The Morgan fingerprint density at radius 3 is 1.27 bits per heavy atom. The van der Waals surface area contributed by atoms with Gasteiger partial charge < -0.3 is 18.0 Å². The number of furan rings is 2. The lowest BCUT2D eigenvalue weighted by Gasteiger charge is -2.10. The summed E-state index contributed by atoms with van der Waals surface area (Å²) in [4.78, 5) is 7.38. The summed E-state index contributed by atoms with van der Waals surface area (Å²) in [5.74, 6) is 0. The predicted molar refractivity (Wildman–Crippen MR) is 237 cm³/mol. The van der Waals surface area contributed by atoms with Gasteiger partial charge >= 0.3 is 0 Å². The molecular formula is C52H24N6O2. The monoisotopic (exact) mass is 764 g/mol. The van der Waals surface area contributed by atoms with Gasteiger partial charge in [0, 0.05) is 77.7 Å². The van der Waals surface area contributed by atoms with Gasteiger partial charge in [0.15, 0.2) is 11.4 Å². The summed E-state index contributed by atoms with van der Waals surface area (Å²) in [5, 5.41) is 28.0. The normalized spacial score (nSPS) is 11.6. The zero-order valence-electron chi connectivity index (χ0n) is 31.4. The average Bonchev–Trinajstić information content (AvgIpc) is 4.03. The Morgan fingerprint density at radius 2 is 0.833 bits per heavy atom. The number of aromatic nitrogens is 2. The molecule has 4 heterocycles. The third kappa shape index (κ3) is 4.68. The average molecular weight is 765 g/mol. The summed E-state index contributed by atoms with van der Waals surface area (Å²) in [5.41, 5.74) is 11.8. The molecule has 0 radical (unpaired) electrons. The van der Waals surface area contributed by atoms with Crippen LogP contribution in [0.1, 0.15) is 11.1 Å². The van der Waals surface area contributed by atoms with Crippen molar-refractivity contribution in [2.75, 3.05) is 0 Å². The molecule has 0 N–H and O–H groups in total. The van der Waals surface area contributed by atoms with E-state index < -0.39 is 0 Å². The molecule has 0 fully saturated rings. The molecule has 0 spiro atoms. The molecule has 8 nitrogen and oxygen atoms in total. The molecule has 0 aliphatic rings. The maximum atomic E-state index is 9.93. The van der Waals surface area contributed by atoms with E-state index in [1.165, 1.54) is 0 Å². The predicted octanol–water partition coefficient (Wildman–Crippen LogP) is 14.2.